The van der Waals surface area contributed by atoms with Crippen LogP contribution < -0.4 is 4.57 Å². The molecule has 0 aromatic carbocycles. The Labute approximate surface area is 255 Å². The zero-order valence-electron chi connectivity index (χ0n) is 17.8. The quantitative estimate of drug-likeness (QED) is 0.199. The number of aromatic nitrogens is 1. The summed E-state index contributed by atoms with van der Waals surface area (Å²) in [5.41, 5.74) is -2.28. The maximum atomic E-state index is 13.5. The SMILES string of the molecule is CCOC(=O)C[n+]1cccc(C(=O)CC2(O)C3(Cl)[C@@]4(Cl)C5(Cl)C(Cl)(Cl)C6(Cl)[C@]4(Cl)C2(Cl)[C@]6(Cl)[C@]53Cl)c1. The molecule has 0 spiro atoms. The van der Waals surface area contributed by atoms with E-state index in [1.165, 1.54) is 16.8 Å². The van der Waals surface area contributed by atoms with Gasteiger partial charge in [-0.05, 0) is 13.0 Å². The van der Waals surface area contributed by atoms with Crippen molar-refractivity contribution in [3.05, 3.63) is 30.1 Å². The van der Waals surface area contributed by atoms with Gasteiger partial charge in [-0.2, -0.15) is 4.57 Å². The Hall–Kier alpha value is 1.15. The Bertz CT molecular complexity index is 1220. The molecule has 6 aliphatic rings. The first-order chi connectivity index (χ1) is 16.3. The lowest BCUT2D eigenvalue weighted by Gasteiger charge is -2.81. The lowest BCUT2D eigenvalue weighted by molar-refractivity contribution is -0.686. The van der Waals surface area contributed by atoms with Gasteiger partial charge in [0.1, 0.15) is 44.6 Å². The Morgan fingerprint density at radius 2 is 1.31 bits per heavy atom. The fraction of sp³-hybridized carbons (Fsp3) is 0.667. The number of halogens is 10. The summed E-state index contributed by atoms with van der Waals surface area (Å²) in [6.07, 6.45) is 2.28. The number of esters is 1. The highest BCUT2D eigenvalue weighted by Gasteiger charge is 3.32. The van der Waals surface area contributed by atoms with E-state index >= 15 is 0 Å². The molecule has 1 heterocycles. The van der Waals surface area contributed by atoms with E-state index in [-0.39, 0.29) is 18.7 Å². The molecule has 15 heteroatoms. The van der Waals surface area contributed by atoms with Crippen LogP contribution >= 0.6 is 116 Å². The van der Waals surface area contributed by atoms with Gasteiger partial charge in [-0.25, -0.2) is 4.79 Å². The predicted molar refractivity (Wildman–Crippen MR) is 140 cm³/mol. The van der Waals surface area contributed by atoms with Gasteiger partial charge in [0.15, 0.2) is 22.5 Å². The molecule has 0 aliphatic heterocycles. The van der Waals surface area contributed by atoms with E-state index in [1.54, 1.807) is 19.2 Å². The van der Waals surface area contributed by atoms with E-state index < -0.39 is 67.1 Å². The number of hydrogen-bond donors (Lipinski definition) is 1. The van der Waals surface area contributed by atoms with E-state index in [0.717, 1.165) is 0 Å². The first-order valence-corrected chi connectivity index (χ1v) is 14.4. The number of carbonyl (C=O) groups excluding carboxylic acids is 2. The molecule has 0 saturated heterocycles. The number of rotatable bonds is 6. The Morgan fingerprint density at radius 3 is 1.75 bits per heavy atom. The van der Waals surface area contributed by atoms with Crippen LogP contribution in [0, 0.1) is 0 Å². The van der Waals surface area contributed by atoms with Crippen LogP contribution in [0.5, 0.6) is 0 Å². The highest BCUT2D eigenvalue weighted by atomic mass is 35.5. The van der Waals surface area contributed by atoms with Gasteiger partial charge in [-0.15, -0.1) is 92.8 Å². The molecule has 6 saturated carbocycles. The van der Waals surface area contributed by atoms with Gasteiger partial charge in [-0.1, -0.05) is 23.2 Å². The Balaban J connectivity index is 1.45. The van der Waals surface area contributed by atoms with Gasteiger partial charge in [0, 0.05) is 12.5 Å². The van der Waals surface area contributed by atoms with Crippen LogP contribution in [0.4, 0.5) is 0 Å². The molecule has 36 heavy (non-hydrogen) atoms. The number of carbonyl (C=O) groups is 2. The third-order valence-electron chi connectivity index (χ3n) is 8.97. The minimum atomic E-state index is -2.41. The summed E-state index contributed by atoms with van der Waals surface area (Å²) < 4.78 is 4.28. The molecule has 0 radical (unpaired) electrons. The van der Waals surface area contributed by atoms with Crippen molar-refractivity contribution in [2.75, 3.05) is 6.61 Å². The highest BCUT2D eigenvalue weighted by molar-refractivity contribution is 6.78. The number of Topliss-reactive ketones (excluding diaryl/α,β-unsaturated/α-hetero) is 1. The number of nitrogens with zero attached hydrogens (tertiary/aromatic N) is 1. The largest absolute Gasteiger partial charge is 0.461 e. The fourth-order valence-electron chi connectivity index (χ4n) is 7.87. The zero-order valence-corrected chi connectivity index (χ0v) is 25.4. The van der Waals surface area contributed by atoms with Crippen molar-refractivity contribution in [2.45, 2.75) is 68.8 Å². The summed E-state index contributed by atoms with van der Waals surface area (Å²) in [5, 5.41) is 12.2. The van der Waals surface area contributed by atoms with E-state index in [2.05, 4.69) is 0 Å². The summed E-state index contributed by atoms with van der Waals surface area (Å²) in [5.74, 6) is -1.11. The number of ether oxygens (including phenoxy) is 1. The molecule has 0 amide bonds. The lowest BCUT2D eigenvalue weighted by atomic mass is 9.41. The molecule has 0 unspecified atom stereocenters. The van der Waals surface area contributed by atoms with Gasteiger partial charge in [0.25, 0.3) is 0 Å². The fourth-order valence-corrected chi connectivity index (χ4v) is 16.7. The summed E-state index contributed by atoms with van der Waals surface area (Å²) in [4.78, 5) is 8.72. The first-order valence-electron chi connectivity index (χ1n) is 10.6. The first kappa shape index (κ1) is 27.3. The minimum Gasteiger partial charge on any atom is -0.461 e. The number of ketones is 1. The van der Waals surface area contributed by atoms with Crippen molar-refractivity contribution < 1.29 is 24.0 Å². The molecule has 1 aromatic rings. The van der Waals surface area contributed by atoms with Crippen molar-refractivity contribution >= 4 is 128 Å². The molecule has 5 nitrogen and oxygen atoms in total. The van der Waals surface area contributed by atoms with Crippen molar-refractivity contribution in [1.82, 2.24) is 0 Å². The molecular formula is C21H14Cl10NO4+. The molecule has 6 aliphatic carbocycles. The summed E-state index contributed by atoms with van der Waals surface area (Å²) >= 11 is 69.7. The van der Waals surface area contributed by atoms with Gasteiger partial charge < -0.3 is 9.84 Å². The van der Waals surface area contributed by atoms with E-state index in [1.807, 2.05) is 0 Å². The number of pyridine rings is 1. The second kappa shape index (κ2) is 6.78. The summed E-state index contributed by atoms with van der Waals surface area (Å²) in [7, 11) is 0. The number of aliphatic hydroxyl groups is 1. The normalized spacial score (nSPS) is 55.9. The zero-order chi connectivity index (χ0) is 27.0. The molecular weight excluding hydrogens is 685 g/mol. The molecule has 4 bridgehead atoms. The molecule has 196 valence electrons. The number of alkyl halides is 10. The topological polar surface area (TPSA) is 67.5 Å². The third kappa shape index (κ3) is 1.75. The summed E-state index contributed by atoms with van der Waals surface area (Å²) in [6.45, 7) is 1.74. The maximum Gasteiger partial charge on any atom is 0.372 e. The van der Waals surface area contributed by atoms with Gasteiger partial charge in [0.2, 0.25) is 6.54 Å². The Kier molecular flexibility index (Phi) is 5.15. The third-order valence-corrected chi connectivity index (χ3v) is 18.3. The lowest BCUT2D eigenvalue weighted by Crippen LogP contribution is -3.03. The Morgan fingerprint density at radius 1 is 0.833 bits per heavy atom. The average Bonchev–Trinajstić information content (AvgIpc) is 3.02. The van der Waals surface area contributed by atoms with Crippen molar-refractivity contribution in [2.24, 2.45) is 0 Å². The van der Waals surface area contributed by atoms with Crippen LogP contribution in [0.25, 0.3) is 0 Å². The minimum absolute atomic E-state index is 0.124. The molecule has 7 rings (SSSR count). The standard InChI is InChI=1S/C21H14Cl10NO4/c1-2-36-11(34)8-32-5-3-4-9(7-32)10(33)6-12(35)13(22)15(24)17(26)14(12,23)18(27)16(13,25)19(15,28)21(30,31)20(17,18)29/h3-5,7,35H,2,6,8H2,1H3/q+1/t12?,13?,14?,15-,16-,17-,18-,19?,20?/m0/s1. The second-order valence-corrected chi connectivity index (χ2v) is 15.7. The second-order valence-electron chi connectivity index (χ2n) is 9.87. The molecule has 1 N–H and O–H groups in total. The van der Waals surface area contributed by atoms with Crippen LogP contribution in [-0.4, -0.2) is 72.4 Å². The van der Waals surface area contributed by atoms with Crippen LogP contribution in [0.1, 0.15) is 23.7 Å². The molecule has 4 atom stereocenters. The highest BCUT2D eigenvalue weighted by Crippen LogP contribution is 3.12. The smallest absolute Gasteiger partial charge is 0.372 e. The van der Waals surface area contributed by atoms with E-state index in [9.17, 15) is 14.7 Å². The molecule has 6 fully saturated rings. The van der Waals surface area contributed by atoms with Crippen molar-refractivity contribution in [3.63, 3.8) is 0 Å². The summed E-state index contributed by atoms with van der Waals surface area (Å²) in [6, 6.07) is 3.03. The maximum absolute atomic E-state index is 13.5. The van der Waals surface area contributed by atoms with E-state index in [4.69, 9.17) is 121 Å². The monoisotopic (exact) mass is 694 g/mol. The predicted octanol–water partition coefficient (Wildman–Crippen LogP) is 4.90. The van der Waals surface area contributed by atoms with Crippen molar-refractivity contribution in [1.29, 1.82) is 0 Å². The van der Waals surface area contributed by atoms with Crippen LogP contribution in [0.15, 0.2) is 24.5 Å². The van der Waals surface area contributed by atoms with Crippen LogP contribution in [0.2, 0.25) is 0 Å². The van der Waals surface area contributed by atoms with Crippen LogP contribution in [-0.2, 0) is 16.1 Å². The van der Waals surface area contributed by atoms with E-state index in [0.29, 0.717) is 0 Å². The van der Waals surface area contributed by atoms with Gasteiger partial charge >= 0.3 is 5.97 Å². The van der Waals surface area contributed by atoms with Gasteiger partial charge in [-0.3, -0.25) is 4.79 Å². The number of hydrogen-bond acceptors (Lipinski definition) is 4. The average molecular weight is 699 g/mol. The molecule has 1 aromatic heterocycles. The van der Waals surface area contributed by atoms with Crippen LogP contribution in [0.3, 0.4) is 0 Å². The van der Waals surface area contributed by atoms with Gasteiger partial charge in [0.05, 0.1) is 12.2 Å². The van der Waals surface area contributed by atoms with Crippen molar-refractivity contribution in [3.8, 4) is 0 Å².